The van der Waals surface area contributed by atoms with Gasteiger partial charge in [-0.1, -0.05) is 25.1 Å². The predicted molar refractivity (Wildman–Crippen MR) is 130 cm³/mol. The third kappa shape index (κ3) is 5.52. The van der Waals surface area contributed by atoms with Crippen molar-refractivity contribution in [3.05, 3.63) is 89.2 Å². The van der Waals surface area contributed by atoms with Crippen LogP contribution in [0.3, 0.4) is 0 Å². The molecule has 160 valence electrons. The van der Waals surface area contributed by atoms with Crippen molar-refractivity contribution in [1.82, 2.24) is 0 Å². The molecule has 4 rings (SSSR count). The molecule has 2 nitrogen and oxygen atoms in total. The monoisotopic (exact) mass is 451 g/mol. The summed E-state index contributed by atoms with van der Waals surface area (Å²) in [4.78, 5) is 14.8. The van der Waals surface area contributed by atoms with Crippen LogP contribution in [0.4, 0.5) is 10.1 Å². The van der Waals surface area contributed by atoms with Gasteiger partial charge in [-0.3, -0.25) is 4.79 Å². The van der Waals surface area contributed by atoms with Gasteiger partial charge in [0, 0.05) is 20.2 Å². The Labute approximate surface area is 192 Å². The third-order valence-corrected chi connectivity index (χ3v) is 7.85. The first-order valence-electron chi connectivity index (χ1n) is 10.5. The minimum absolute atomic E-state index is 0.00938. The van der Waals surface area contributed by atoms with E-state index >= 15 is 0 Å². The van der Waals surface area contributed by atoms with Crippen molar-refractivity contribution in [3.63, 3.8) is 0 Å². The van der Waals surface area contributed by atoms with E-state index in [1.54, 1.807) is 23.5 Å². The Morgan fingerprint density at radius 2 is 1.68 bits per heavy atom. The number of nitrogens with one attached hydrogen (secondary N) is 1. The van der Waals surface area contributed by atoms with Gasteiger partial charge in [-0.25, -0.2) is 4.39 Å². The van der Waals surface area contributed by atoms with Crippen LogP contribution in [0.1, 0.15) is 36.5 Å². The molecule has 1 fully saturated rings. The van der Waals surface area contributed by atoms with Crippen molar-refractivity contribution in [2.45, 2.75) is 47.6 Å². The Morgan fingerprint density at radius 3 is 2.29 bits per heavy atom. The number of carbonyl (C=O) groups excluding carboxylic acids is 1. The van der Waals surface area contributed by atoms with Crippen LogP contribution in [0.15, 0.2) is 76.5 Å². The molecule has 0 unspecified atom stereocenters. The zero-order valence-corrected chi connectivity index (χ0v) is 19.4. The summed E-state index contributed by atoms with van der Waals surface area (Å²) in [6.45, 7) is 4.23. The highest BCUT2D eigenvalue weighted by atomic mass is 32.2. The van der Waals surface area contributed by atoms with Crippen LogP contribution in [0.2, 0.25) is 0 Å². The molecular weight excluding hydrogens is 425 g/mol. The Hall–Kier alpha value is -2.24. The lowest BCUT2D eigenvalue weighted by atomic mass is 10.0. The number of thioether (sulfide) groups is 2. The molecule has 3 aromatic rings. The van der Waals surface area contributed by atoms with Crippen molar-refractivity contribution < 1.29 is 9.18 Å². The molecule has 1 amide bonds. The second kappa shape index (κ2) is 9.49. The van der Waals surface area contributed by atoms with Gasteiger partial charge in [-0.2, -0.15) is 0 Å². The Kier molecular flexibility index (Phi) is 6.73. The SMILES string of the molecule is CCSc1ccc(CC(=O)Nc2ccc(C3(Sc4ccc(F)cc4)CC3)c(C)c2)cc1. The van der Waals surface area contributed by atoms with Gasteiger partial charge in [0.15, 0.2) is 0 Å². The molecule has 5 heteroatoms. The lowest BCUT2D eigenvalue weighted by molar-refractivity contribution is -0.115. The minimum Gasteiger partial charge on any atom is -0.326 e. The number of amides is 1. The molecule has 0 spiro atoms. The van der Waals surface area contributed by atoms with Gasteiger partial charge in [0.2, 0.25) is 5.91 Å². The summed E-state index contributed by atoms with van der Waals surface area (Å²) in [6, 6.07) is 21.1. The number of hydrogen-bond acceptors (Lipinski definition) is 3. The fourth-order valence-electron chi connectivity index (χ4n) is 3.78. The molecule has 1 N–H and O–H groups in total. The third-order valence-electron chi connectivity index (χ3n) is 5.43. The normalized spacial score (nSPS) is 14.3. The second-order valence-corrected chi connectivity index (χ2v) is 10.7. The van der Waals surface area contributed by atoms with Gasteiger partial charge in [0.25, 0.3) is 0 Å². The van der Waals surface area contributed by atoms with Gasteiger partial charge in [-0.05, 0) is 90.7 Å². The van der Waals surface area contributed by atoms with Gasteiger partial charge < -0.3 is 5.32 Å². The van der Waals surface area contributed by atoms with Crippen molar-refractivity contribution in [2.24, 2.45) is 0 Å². The predicted octanol–water partition coefficient (Wildman–Crippen LogP) is 7.21. The van der Waals surface area contributed by atoms with Crippen LogP contribution in [-0.4, -0.2) is 11.7 Å². The van der Waals surface area contributed by atoms with E-state index in [1.807, 2.05) is 30.3 Å². The minimum atomic E-state index is -0.207. The van der Waals surface area contributed by atoms with Crippen molar-refractivity contribution in [3.8, 4) is 0 Å². The van der Waals surface area contributed by atoms with E-state index in [4.69, 9.17) is 0 Å². The average molecular weight is 452 g/mol. The maximum atomic E-state index is 13.2. The summed E-state index contributed by atoms with van der Waals surface area (Å²) >= 11 is 3.60. The number of benzene rings is 3. The van der Waals surface area contributed by atoms with E-state index in [0.717, 1.165) is 34.7 Å². The quantitative estimate of drug-likeness (QED) is 0.367. The summed E-state index contributed by atoms with van der Waals surface area (Å²) in [5.41, 5.74) is 4.31. The zero-order chi connectivity index (χ0) is 21.8. The summed E-state index contributed by atoms with van der Waals surface area (Å²) in [5, 5.41) is 3.03. The average Bonchev–Trinajstić information content (AvgIpc) is 3.52. The summed E-state index contributed by atoms with van der Waals surface area (Å²) < 4.78 is 13.3. The van der Waals surface area contributed by atoms with Gasteiger partial charge >= 0.3 is 0 Å². The largest absolute Gasteiger partial charge is 0.326 e. The maximum Gasteiger partial charge on any atom is 0.228 e. The lowest BCUT2D eigenvalue weighted by Crippen LogP contribution is -2.15. The number of carbonyl (C=O) groups is 1. The van der Waals surface area contributed by atoms with E-state index < -0.39 is 0 Å². The summed E-state index contributed by atoms with van der Waals surface area (Å²) in [5.74, 6) is 0.824. The number of rotatable bonds is 8. The van der Waals surface area contributed by atoms with E-state index in [9.17, 15) is 9.18 Å². The molecule has 0 saturated heterocycles. The van der Waals surface area contributed by atoms with Gasteiger partial charge in [-0.15, -0.1) is 23.5 Å². The number of hydrogen-bond donors (Lipinski definition) is 1. The summed E-state index contributed by atoms with van der Waals surface area (Å²) in [7, 11) is 0. The van der Waals surface area contributed by atoms with Crippen LogP contribution in [0.5, 0.6) is 0 Å². The highest BCUT2D eigenvalue weighted by Gasteiger charge is 2.46. The molecule has 1 aliphatic carbocycles. The first-order valence-corrected chi connectivity index (χ1v) is 12.3. The van der Waals surface area contributed by atoms with Gasteiger partial charge in [0.05, 0.1) is 6.42 Å². The molecule has 31 heavy (non-hydrogen) atoms. The number of halogens is 1. The highest BCUT2D eigenvalue weighted by molar-refractivity contribution is 8.00. The molecule has 0 bridgehead atoms. The first kappa shape index (κ1) is 22.0. The maximum absolute atomic E-state index is 13.2. The van der Waals surface area contributed by atoms with E-state index in [1.165, 1.54) is 28.2 Å². The standard InChI is InChI=1S/C26H26FNOS2/c1-3-30-22-9-4-19(5-10-22)17-25(29)28-21-8-13-24(18(2)16-21)26(14-15-26)31-23-11-6-20(27)7-12-23/h4-13,16H,3,14-15,17H2,1-2H3,(H,28,29). The Balaban J connectivity index is 1.40. The molecule has 1 saturated carbocycles. The van der Waals surface area contributed by atoms with Crippen LogP contribution in [0.25, 0.3) is 0 Å². The fourth-order valence-corrected chi connectivity index (χ4v) is 5.81. The first-order chi connectivity index (χ1) is 15.0. The molecule has 0 aromatic heterocycles. The fraction of sp³-hybridized carbons (Fsp3) is 0.269. The molecule has 3 aromatic carbocycles. The Morgan fingerprint density at radius 1 is 1.00 bits per heavy atom. The van der Waals surface area contributed by atoms with Crippen LogP contribution < -0.4 is 5.32 Å². The van der Waals surface area contributed by atoms with E-state index in [-0.39, 0.29) is 16.5 Å². The Bertz CT molecular complexity index is 1060. The topological polar surface area (TPSA) is 29.1 Å². The van der Waals surface area contributed by atoms with Crippen LogP contribution >= 0.6 is 23.5 Å². The van der Waals surface area contributed by atoms with Crippen LogP contribution in [0, 0.1) is 12.7 Å². The van der Waals surface area contributed by atoms with E-state index in [0.29, 0.717) is 6.42 Å². The van der Waals surface area contributed by atoms with Gasteiger partial charge in [0.1, 0.15) is 5.82 Å². The zero-order valence-electron chi connectivity index (χ0n) is 17.8. The molecular formula is C26H26FNOS2. The lowest BCUT2D eigenvalue weighted by Gasteiger charge is -2.19. The molecule has 0 atom stereocenters. The van der Waals surface area contributed by atoms with Crippen LogP contribution in [-0.2, 0) is 16.0 Å². The molecule has 0 radical (unpaired) electrons. The molecule has 0 aliphatic heterocycles. The van der Waals surface area contributed by atoms with Crippen molar-refractivity contribution in [2.75, 3.05) is 11.1 Å². The highest BCUT2D eigenvalue weighted by Crippen LogP contribution is 2.60. The molecule has 0 heterocycles. The van der Waals surface area contributed by atoms with Crippen molar-refractivity contribution in [1.29, 1.82) is 0 Å². The number of anilines is 1. The molecule has 1 aliphatic rings. The van der Waals surface area contributed by atoms with Crippen molar-refractivity contribution >= 4 is 35.1 Å². The smallest absolute Gasteiger partial charge is 0.228 e. The number of aryl methyl sites for hydroxylation is 1. The van der Waals surface area contributed by atoms with E-state index in [2.05, 4.69) is 43.4 Å². The summed E-state index contributed by atoms with van der Waals surface area (Å²) in [6.07, 6.45) is 2.57. The second-order valence-electron chi connectivity index (χ2n) is 7.88.